The van der Waals surface area contributed by atoms with Crippen molar-refractivity contribution in [3.8, 4) is 0 Å². The molecule has 0 bridgehead atoms. The van der Waals surface area contributed by atoms with Crippen molar-refractivity contribution in [2.45, 2.75) is 38.1 Å². The first-order valence-electron chi connectivity index (χ1n) is 13.0. The summed E-state index contributed by atoms with van der Waals surface area (Å²) in [6.45, 7) is 2.00. The van der Waals surface area contributed by atoms with Crippen LogP contribution in [0.4, 0.5) is 5.69 Å². The molecule has 0 spiro atoms. The van der Waals surface area contributed by atoms with Gasteiger partial charge in [0.05, 0.1) is 6.54 Å². The minimum atomic E-state index is -0.760. The molecule has 2 fully saturated rings. The Hall–Kier alpha value is -4.21. The summed E-state index contributed by atoms with van der Waals surface area (Å²) in [5, 5.41) is 8.45. The molecule has 0 saturated carbocycles. The first kappa shape index (κ1) is 26.8. The zero-order valence-electron chi connectivity index (χ0n) is 21.6. The Bertz CT molecular complexity index is 1190. The van der Waals surface area contributed by atoms with Crippen LogP contribution in [0.15, 0.2) is 59.6 Å². The highest BCUT2D eigenvalue weighted by Gasteiger charge is 2.30. The second-order valence-corrected chi connectivity index (χ2v) is 9.44. The molecule has 3 N–H and O–H groups in total. The summed E-state index contributed by atoms with van der Waals surface area (Å²) < 4.78 is 0. The second-order valence-electron chi connectivity index (χ2n) is 9.44. The number of amides is 4. The molecule has 1 unspecified atom stereocenters. The second kappa shape index (κ2) is 12.8. The first-order valence-corrected chi connectivity index (χ1v) is 13.0. The Kier molecular flexibility index (Phi) is 9.07. The average Bonchev–Trinajstić information content (AvgIpc) is 3.43. The average molecular weight is 519 g/mol. The summed E-state index contributed by atoms with van der Waals surface area (Å²) in [5.41, 5.74) is 1.40. The van der Waals surface area contributed by atoms with Crippen molar-refractivity contribution in [3.05, 3.63) is 65.7 Å². The van der Waals surface area contributed by atoms with Gasteiger partial charge < -0.3 is 20.4 Å². The van der Waals surface area contributed by atoms with E-state index in [-0.39, 0.29) is 36.1 Å². The number of guanidine groups is 1. The Morgan fingerprint density at radius 3 is 2.34 bits per heavy atom. The highest BCUT2D eigenvalue weighted by atomic mass is 16.2. The Morgan fingerprint density at radius 2 is 1.61 bits per heavy atom. The molecule has 10 nitrogen and oxygen atoms in total. The van der Waals surface area contributed by atoms with Crippen LogP contribution in [0.3, 0.4) is 0 Å². The molecule has 2 aromatic carbocycles. The molecule has 2 aliphatic heterocycles. The standard InChI is InChI=1S/C28H34N6O4/c1-29-25(36)21-12-9-13-22(18-21)30-28(32-26(37)20-10-3-2-4-11-20)31-23-14-5-6-17-34(27(23)38)19-24(35)33-15-7-8-16-33/h2-4,9-13,18,23H,5-8,14-17,19H2,1H3,(H,29,36)(H2,30,31,32,37). The summed E-state index contributed by atoms with van der Waals surface area (Å²) in [6, 6.07) is 14.7. The van der Waals surface area contributed by atoms with Crippen LogP contribution >= 0.6 is 0 Å². The fraction of sp³-hybridized carbons (Fsp3) is 0.393. The predicted octanol–water partition coefficient (Wildman–Crippen LogP) is 2.25. The minimum absolute atomic E-state index is 0.0396. The van der Waals surface area contributed by atoms with E-state index in [1.165, 1.54) is 0 Å². The fourth-order valence-corrected chi connectivity index (χ4v) is 4.63. The molecule has 2 saturated heterocycles. The molecule has 1 atom stereocenters. The van der Waals surface area contributed by atoms with Gasteiger partial charge in [-0.25, -0.2) is 4.99 Å². The van der Waals surface area contributed by atoms with Gasteiger partial charge in [-0.15, -0.1) is 0 Å². The van der Waals surface area contributed by atoms with E-state index >= 15 is 0 Å². The third-order valence-electron chi connectivity index (χ3n) is 6.70. The van der Waals surface area contributed by atoms with Gasteiger partial charge in [0.1, 0.15) is 6.04 Å². The van der Waals surface area contributed by atoms with Crippen LogP contribution < -0.4 is 16.0 Å². The molecular formula is C28H34N6O4. The van der Waals surface area contributed by atoms with Gasteiger partial charge in [0.15, 0.2) is 0 Å². The lowest BCUT2D eigenvalue weighted by Gasteiger charge is -2.25. The number of likely N-dealkylation sites (tertiary alicyclic amines) is 2. The normalized spacial score (nSPS) is 18.1. The maximum Gasteiger partial charge on any atom is 0.257 e. The molecule has 4 amide bonds. The smallest absolute Gasteiger partial charge is 0.257 e. The van der Waals surface area contributed by atoms with Crippen molar-refractivity contribution >= 4 is 35.3 Å². The largest absolute Gasteiger partial charge is 0.355 e. The number of benzene rings is 2. The lowest BCUT2D eigenvalue weighted by molar-refractivity contribution is -0.140. The van der Waals surface area contributed by atoms with Gasteiger partial charge in [-0.05, 0) is 62.4 Å². The minimum Gasteiger partial charge on any atom is -0.355 e. The lowest BCUT2D eigenvalue weighted by atomic mass is 10.1. The summed E-state index contributed by atoms with van der Waals surface area (Å²) in [5.74, 6) is -0.817. The Balaban J connectivity index is 1.57. The first-order chi connectivity index (χ1) is 18.4. The molecule has 0 aliphatic carbocycles. The summed E-state index contributed by atoms with van der Waals surface area (Å²) >= 11 is 0. The van der Waals surface area contributed by atoms with E-state index in [1.54, 1.807) is 60.5 Å². The lowest BCUT2D eigenvalue weighted by Crippen LogP contribution is -2.45. The predicted molar refractivity (Wildman–Crippen MR) is 145 cm³/mol. The maximum absolute atomic E-state index is 13.5. The fourth-order valence-electron chi connectivity index (χ4n) is 4.63. The van der Waals surface area contributed by atoms with Crippen LogP contribution in [0, 0.1) is 0 Å². The van der Waals surface area contributed by atoms with Crippen LogP contribution in [0.5, 0.6) is 0 Å². The molecule has 2 heterocycles. The van der Waals surface area contributed by atoms with Crippen LogP contribution in [0.2, 0.25) is 0 Å². The van der Waals surface area contributed by atoms with Crippen LogP contribution in [0.25, 0.3) is 0 Å². The van der Waals surface area contributed by atoms with Gasteiger partial charge in [-0.3, -0.25) is 24.5 Å². The molecular weight excluding hydrogens is 484 g/mol. The quantitative estimate of drug-likeness (QED) is 0.400. The number of hydrogen-bond acceptors (Lipinski definition) is 5. The van der Waals surface area contributed by atoms with Crippen molar-refractivity contribution in [1.82, 2.24) is 20.4 Å². The highest BCUT2D eigenvalue weighted by molar-refractivity contribution is 6.10. The van der Waals surface area contributed by atoms with Gasteiger partial charge >= 0.3 is 0 Å². The Labute approximate surface area is 222 Å². The van der Waals surface area contributed by atoms with Crippen molar-refractivity contribution in [2.24, 2.45) is 4.99 Å². The molecule has 4 rings (SSSR count). The Morgan fingerprint density at radius 1 is 0.895 bits per heavy atom. The van der Waals surface area contributed by atoms with Gasteiger partial charge in [-0.2, -0.15) is 0 Å². The zero-order chi connectivity index (χ0) is 26.9. The van der Waals surface area contributed by atoms with Crippen LogP contribution in [-0.2, 0) is 9.59 Å². The molecule has 2 aromatic rings. The van der Waals surface area contributed by atoms with Crippen molar-refractivity contribution < 1.29 is 19.2 Å². The number of nitrogens with one attached hydrogen (secondary N) is 3. The molecule has 38 heavy (non-hydrogen) atoms. The molecule has 200 valence electrons. The zero-order valence-corrected chi connectivity index (χ0v) is 21.6. The SMILES string of the molecule is CNC(=O)c1cccc(NC(=NC2CCCCN(CC(=O)N3CCCC3)C2=O)NC(=O)c2ccccc2)c1. The topological polar surface area (TPSA) is 123 Å². The number of anilines is 1. The van der Waals surface area contributed by atoms with Crippen LogP contribution in [0.1, 0.15) is 52.8 Å². The highest BCUT2D eigenvalue weighted by Crippen LogP contribution is 2.18. The van der Waals surface area contributed by atoms with Crippen LogP contribution in [-0.4, -0.2) is 78.7 Å². The molecule has 10 heteroatoms. The van der Waals surface area contributed by atoms with Crippen molar-refractivity contribution in [3.63, 3.8) is 0 Å². The number of aliphatic imine (C=N–C) groups is 1. The summed E-state index contributed by atoms with van der Waals surface area (Å²) in [4.78, 5) is 59.4. The summed E-state index contributed by atoms with van der Waals surface area (Å²) in [6.07, 6.45) is 4.02. The van der Waals surface area contributed by atoms with E-state index in [4.69, 9.17) is 0 Å². The number of hydrogen-bond donors (Lipinski definition) is 3. The van der Waals surface area contributed by atoms with E-state index in [0.717, 1.165) is 38.8 Å². The molecule has 2 aliphatic rings. The molecule has 0 radical (unpaired) electrons. The number of nitrogens with zero attached hydrogens (tertiary/aromatic N) is 3. The van der Waals surface area contributed by atoms with E-state index in [1.807, 2.05) is 11.0 Å². The summed E-state index contributed by atoms with van der Waals surface area (Å²) in [7, 11) is 1.55. The molecule has 0 aromatic heterocycles. The van der Waals surface area contributed by atoms with E-state index in [9.17, 15) is 19.2 Å². The number of carbonyl (C=O) groups excluding carboxylic acids is 4. The number of carbonyl (C=O) groups is 4. The van der Waals surface area contributed by atoms with Crippen molar-refractivity contribution in [2.75, 3.05) is 38.5 Å². The third kappa shape index (κ3) is 6.96. The maximum atomic E-state index is 13.5. The van der Waals surface area contributed by atoms with Gasteiger partial charge in [0.2, 0.25) is 17.8 Å². The van der Waals surface area contributed by atoms with E-state index < -0.39 is 6.04 Å². The van der Waals surface area contributed by atoms with E-state index in [2.05, 4.69) is 20.9 Å². The van der Waals surface area contributed by atoms with Gasteiger partial charge in [-0.1, -0.05) is 24.3 Å². The van der Waals surface area contributed by atoms with Gasteiger partial charge in [0.25, 0.3) is 11.8 Å². The number of rotatable bonds is 6. The van der Waals surface area contributed by atoms with E-state index in [0.29, 0.717) is 29.8 Å². The van der Waals surface area contributed by atoms with Gasteiger partial charge in [0, 0.05) is 43.5 Å². The van der Waals surface area contributed by atoms with Crippen molar-refractivity contribution in [1.29, 1.82) is 0 Å². The third-order valence-corrected chi connectivity index (χ3v) is 6.70. The monoisotopic (exact) mass is 518 g/mol.